The molecule has 0 saturated carbocycles. The topological polar surface area (TPSA) is 97.8 Å². The maximum atomic E-state index is 11.2. The van der Waals surface area contributed by atoms with Crippen LogP contribution in [-0.2, 0) is 0 Å². The summed E-state index contributed by atoms with van der Waals surface area (Å²) in [5.74, 6) is 0.839. The fourth-order valence-corrected chi connectivity index (χ4v) is 2.36. The predicted octanol–water partition coefficient (Wildman–Crippen LogP) is 1.14. The van der Waals surface area contributed by atoms with Crippen molar-refractivity contribution in [1.82, 2.24) is 9.97 Å². The Balaban J connectivity index is 2.01. The number of nitrogens with zero attached hydrogens (tertiary/aromatic N) is 1. The normalized spacial score (nSPS) is 12.3. The molecule has 0 saturated heterocycles. The van der Waals surface area contributed by atoms with E-state index in [2.05, 4.69) is 9.97 Å². The number of aromatic amines is 1. The van der Waals surface area contributed by atoms with Gasteiger partial charge in [0.2, 0.25) is 0 Å². The van der Waals surface area contributed by atoms with Crippen molar-refractivity contribution in [3.8, 4) is 0 Å². The van der Waals surface area contributed by atoms with Crippen molar-refractivity contribution >= 4 is 17.6 Å². The molecule has 1 unspecified atom stereocenters. The van der Waals surface area contributed by atoms with Gasteiger partial charge in [-0.3, -0.25) is 4.79 Å². The van der Waals surface area contributed by atoms with Crippen LogP contribution in [0.15, 0.2) is 46.3 Å². The number of nitrogens with one attached hydrogen (secondary N) is 1. The molecule has 1 aromatic carbocycles. The lowest BCUT2D eigenvalue weighted by atomic mass is 10.1. The van der Waals surface area contributed by atoms with E-state index in [9.17, 15) is 4.79 Å². The number of benzene rings is 1. The molecule has 0 amide bonds. The highest BCUT2D eigenvalue weighted by Crippen LogP contribution is 2.19. The third-order valence-electron chi connectivity index (χ3n) is 2.37. The summed E-state index contributed by atoms with van der Waals surface area (Å²) in [6.45, 7) is 0. The molecule has 0 bridgehead atoms. The molecule has 2 aromatic rings. The van der Waals surface area contributed by atoms with Gasteiger partial charge in [-0.25, -0.2) is 4.98 Å². The van der Waals surface area contributed by atoms with E-state index in [1.54, 1.807) is 0 Å². The van der Waals surface area contributed by atoms with Crippen LogP contribution in [0.3, 0.4) is 0 Å². The zero-order valence-corrected chi connectivity index (χ0v) is 10.5. The van der Waals surface area contributed by atoms with Gasteiger partial charge in [0.25, 0.3) is 5.56 Å². The van der Waals surface area contributed by atoms with Crippen LogP contribution < -0.4 is 17.0 Å². The minimum absolute atomic E-state index is 0.108. The molecule has 18 heavy (non-hydrogen) atoms. The highest BCUT2D eigenvalue weighted by Gasteiger charge is 2.07. The molecular weight excluding hydrogens is 248 g/mol. The van der Waals surface area contributed by atoms with Crippen LogP contribution >= 0.6 is 11.8 Å². The van der Waals surface area contributed by atoms with Crippen molar-refractivity contribution in [3.05, 3.63) is 52.3 Å². The Morgan fingerprint density at radius 3 is 2.72 bits per heavy atom. The number of nitrogen functional groups attached to an aromatic ring is 1. The summed E-state index contributed by atoms with van der Waals surface area (Å²) < 4.78 is 0. The predicted molar refractivity (Wildman–Crippen MR) is 73.4 cm³/mol. The third kappa shape index (κ3) is 3.35. The lowest BCUT2D eigenvalue weighted by Crippen LogP contribution is -2.14. The molecular formula is C12H14N4OS. The van der Waals surface area contributed by atoms with Gasteiger partial charge in [0, 0.05) is 17.9 Å². The third-order valence-corrected chi connectivity index (χ3v) is 3.36. The molecule has 6 heteroatoms. The number of H-pyrrole nitrogens is 1. The molecule has 0 aliphatic carbocycles. The lowest BCUT2D eigenvalue weighted by molar-refractivity contribution is 0.826. The largest absolute Gasteiger partial charge is 0.383 e. The Bertz CT molecular complexity index is 570. The lowest BCUT2D eigenvalue weighted by Gasteiger charge is -2.10. The van der Waals surface area contributed by atoms with Gasteiger partial charge in [0.15, 0.2) is 5.16 Å². The first kappa shape index (κ1) is 12.7. The molecule has 1 atom stereocenters. The van der Waals surface area contributed by atoms with Gasteiger partial charge in [-0.15, -0.1) is 0 Å². The standard InChI is InChI=1S/C12H14N4OS/c13-9(8-4-2-1-3-5-8)7-18-12-15-10(14)6-11(17)16-12/h1-6,9H,7,13H2,(H3,14,15,16,17). The smallest absolute Gasteiger partial charge is 0.253 e. The molecule has 5 N–H and O–H groups in total. The molecule has 5 nitrogen and oxygen atoms in total. The van der Waals surface area contributed by atoms with Gasteiger partial charge >= 0.3 is 0 Å². The molecule has 0 radical (unpaired) electrons. The maximum absolute atomic E-state index is 11.2. The van der Waals surface area contributed by atoms with E-state index in [4.69, 9.17) is 11.5 Å². The van der Waals surface area contributed by atoms with E-state index in [1.165, 1.54) is 17.8 Å². The zero-order chi connectivity index (χ0) is 13.0. The molecule has 0 fully saturated rings. The second-order valence-electron chi connectivity index (χ2n) is 3.80. The van der Waals surface area contributed by atoms with Crippen LogP contribution in [0.4, 0.5) is 5.82 Å². The molecule has 94 valence electrons. The van der Waals surface area contributed by atoms with Crippen LogP contribution in [0, 0.1) is 0 Å². The van der Waals surface area contributed by atoms with Crippen LogP contribution in [-0.4, -0.2) is 15.7 Å². The van der Waals surface area contributed by atoms with E-state index >= 15 is 0 Å². The highest BCUT2D eigenvalue weighted by atomic mass is 32.2. The van der Waals surface area contributed by atoms with Crippen LogP contribution in [0.5, 0.6) is 0 Å². The van der Waals surface area contributed by atoms with E-state index < -0.39 is 0 Å². The monoisotopic (exact) mass is 262 g/mol. The minimum Gasteiger partial charge on any atom is -0.383 e. The van der Waals surface area contributed by atoms with Crippen molar-refractivity contribution in [2.45, 2.75) is 11.2 Å². The van der Waals surface area contributed by atoms with Gasteiger partial charge in [-0.05, 0) is 5.56 Å². The Labute approximate surface area is 109 Å². The van der Waals surface area contributed by atoms with Crippen LogP contribution in [0.25, 0.3) is 0 Å². The second kappa shape index (κ2) is 5.70. The van der Waals surface area contributed by atoms with Gasteiger partial charge in [0.1, 0.15) is 5.82 Å². The van der Waals surface area contributed by atoms with Gasteiger partial charge in [-0.2, -0.15) is 0 Å². The Morgan fingerprint density at radius 2 is 2.06 bits per heavy atom. The van der Waals surface area contributed by atoms with Crippen molar-refractivity contribution in [2.24, 2.45) is 5.73 Å². The Hall–Kier alpha value is -1.79. The molecule has 0 aliphatic heterocycles. The van der Waals surface area contributed by atoms with E-state index in [1.807, 2.05) is 30.3 Å². The van der Waals surface area contributed by atoms with E-state index in [0.29, 0.717) is 10.9 Å². The average molecular weight is 262 g/mol. The number of nitrogens with two attached hydrogens (primary N) is 2. The first-order valence-electron chi connectivity index (χ1n) is 5.45. The first-order chi connectivity index (χ1) is 8.65. The maximum Gasteiger partial charge on any atom is 0.253 e. The molecule has 0 spiro atoms. The summed E-state index contributed by atoms with van der Waals surface area (Å²) in [4.78, 5) is 17.9. The summed E-state index contributed by atoms with van der Waals surface area (Å²) in [7, 11) is 0. The number of rotatable bonds is 4. The number of anilines is 1. The fraction of sp³-hybridized carbons (Fsp3) is 0.167. The van der Waals surface area contributed by atoms with Crippen molar-refractivity contribution in [2.75, 3.05) is 11.5 Å². The molecule has 2 rings (SSSR count). The summed E-state index contributed by atoms with van der Waals surface area (Å²) >= 11 is 1.38. The summed E-state index contributed by atoms with van der Waals surface area (Å²) in [6, 6.07) is 10.9. The van der Waals surface area contributed by atoms with E-state index in [-0.39, 0.29) is 17.4 Å². The number of thioether (sulfide) groups is 1. The van der Waals surface area contributed by atoms with Crippen molar-refractivity contribution < 1.29 is 0 Å². The van der Waals surface area contributed by atoms with Crippen LogP contribution in [0.2, 0.25) is 0 Å². The minimum atomic E-state index is -0.252. The van der Waals surface area contributed by atoms with Crippen molar-refractivity contribution in [3.63, 3.8) is 0 Å². The van der Waals surface area contributed by atoms with Gasteiger partial charge < -0.3 is 16.5 Å². The van der Waals surface area contributed by atoms with Gasteiger partial charge in [-0.1, -0.05) is 42.1 Å². The first-order valence-corrected chi connectivity index (χ1v) is 6.44. The zero-order valence-electron chi connectivity index (χ0n) is 9.67. The van der Waals surface area contributed by atoms with Gasteiger partial charge in [0.05, 0.1) is 0 Å². The highest BCUT2D eigenvalue weighted by molar-refractivity contribution is 7.99. The quantitative estimate of drug-likeness (QED) is 0.567. The SMILES string of the molecule is Nc1cc(=O)[nH]c(SCC(N)c2ccccc2)n1. The van der Waals surface area contributed by atoms with Crippen molar-refractivity contribution in [1.29, 1.82) is 0 Å². The molecule has 1 heterocycles. The summed E-state index contributed by atoms with van der Waals surface area (Å²) in [5.41, 5.74) is 12.3. The van der Waals surface area contributed by atoms with Crippen LogP contribution in [0.1, 0.15) is 11.6 Å². The van der Waals surface area contributed by atoms with E-state index in [0.717, 1.165) is 5.56 Å². The number of aromatic nitrogens is 2. The number of hydrogen-bond acceptors (Lipinski definition) is 5. The second-order valence-corrected chi connectivity index (χ2v) is 4.81. The fourth-order valence-electron chi connectivity index (χ4n) is 1.49. The Kier molecular flexibility index (Phi) is 4.01. The Morgan fingerprint density at radius 1 is 1.33 bits per heavy atom. The number of hydrogen-bond donors (Lipinski definition) is 3. The summed E-state index contributed by atoms with van der Waals surface area (Å²) in [5, 5.41) is 0.492. The molecule has 1 aromatic heterocycles. The molecule has 0 aliphatic rings. The average Bonchev–Trinajstić information content (AvgIpc) is 2.36. The summed E-state index contributed by atoms with van der Waals surface area (Å²) in [6.07, 6.45) is 0.